The van der Waals surface area contributed by atoms with Crippen LogP contribution in [0.5, 0.6) is 0 Å². The Morgan fingerprint density at radius 1 is 1.25 bits per heavy atom. The summed E-state index contributed by atoms with van der Waals surface area (Å²) in [5.41, 5.74) is 0. The topological polar surface area (TPSA) is 60.7 Å². The number of aliphatic hydroxyl groups is 3. The minimum absolute atomic E-state index is 0.187. The second-order valence-corrected chi connectivity index (χ2v) is 3.13. The quantitative estimate of drug-likeness (QED) is 0.525. The zero-order chi connectivity index (χ0) is 9.56. The van der Waals surface area contributed by atoms with Gasteiger partial charge in [-0.3, -0.25) is 0 Å². The third-order valence-electron chi connectivity index (χ3n) is 1.88. The van der Waals surface area contributed by atoms with Crippen molar-refractivity contribution in [2.75, 3.05) is 6.61 Å². The van der Waals surface area contributed by atoms with Crippen molar-refractivity contribution in [3.8, 4) is 0 Å². The molecule has 0 spiro atoms. The van der Waals surface area contributed by atoms with Gasteiger partial charge in [-0.1, -0.05) is 19.1 Å². The molecule has 0 fully saturated rings. The van der Waals surface area contributed by atoms with Gasteiger partial charge in [-0.2, -0.15) is 0 Å². The van der Waals surface area contributed by atoms with Gasteiger partial charge in [0.05, 0.1) is 18.8 Å². The first-order valence-corrected chi connectivity index (χ1v) is 4.21. The molecular weight excluding hydrogens is 156 g/mol. The first kappa shape index (κ1) is 11.6. The van der Waals surface area contributed by atoms with Crippen molar-refractivity contribution >= 4 is 0 Å². The number of allylic oxidation sites excluding steroid dienone is 1. The van der Waals surface area contributed by atoms with E-state index in [1.165, 1.54) is 0 Å². The van der Waals surface area contributed by atoms with Crippen LogP contribution in [0.1, 0.15) is 20.3 Å². The van der Waals surface area contributed by atoms with Gasteiger partial charge >= 0.3 is 0 Å². The van der Waals surface area contributed by atoms with E-state index in [2.05, 4.69) is 0 Å². The monoisotopic (exact) mass is 174 g/mol. The van der Waals surface area contributed by atoms with Crippen LogP contribution < -0.4 is 0 Å². The molecule has 72 valence electrons. The first-order valence-electron chi connectivity index (χ1n) is 4.21. The maximum absolute atomic E-state index is 9.10. The summed E-state index contributed by atoms with van der Waals surface area (Å²) in [6.45, 7) is 3.42. The van der Waals surface area contributed by atoms with Crippen molar-refractivity contribution in [1.29, 1.82) is 0 Å². The molecule has 3 nitrogen and oxygen atoms in total. The van der Waals surface area contributed by atoms with Crippen LogP contribution in [0.25, 0.3) is 0 Å². The van der Waals surface area contributed by atoms with Crippen LogP contribution in [-0.2, 0) is 0 Å². The van der Waals surface area contributed by atoms with E-state index in [-0.39, 0.29) is 18.6 Å². The highest BCUT2D eigenvalue weighted by molar-refractivity contribution is 4.89. The van der Waals surface area contributed by atoms with Crippen LogP contribution in [0.3, 0.4) is 0 Å². The van der Waals surface area contributed by atoms with Gasteiger partial charge in [0.15, 0.2) is 0 Å². The number of hydrogen-bond donors (Lipinski definition) is 3. The lowest BCUT2D eigenvalue weighted by Gasteiger charge is -2.11. The van der Waals surface area contributed by atoms with Crippen LogP contribution in [0.2, 0.25) is 0 Å². The molecule has 1 unspecified atom stereocenters. The summed E-state index contributed by atoms with van der Waals surface area (Å²) in [5, 5.41) is 26.5. The Kier molecular flexibility index (Phi) is 5.98. The second kappa shape index (κ2) is 6.17. The molecule has 0 radical (unpaired) electrons. The lowest BCUT2D eigenvalue weighted by Crippen LogP contribution is -2.12. The number of aliphatic hydroxyl groups excluding tert-OH is 3. The Bertz CT molecular complexity index is 132. The predicted molar refractivity (Wildman–Crippen MR) is 47.7 cm³/mol. The van der Waals surface area contributed by atoms with Gasteiger partial charge in [0.2, 0.25) is 0 Å². The Labute approximate surface area is 73.4 Å². The van der Waals surface area contributed by atoms with E-state index in [9.17, 15) is 0 Å². The molecule has 0 aliphatic heterocycles. The van der Waals surface area contributed by atoms with Crippen molar-refractivity contribution in [2.24, 2.45) is 5.92 Å². The summed E-state index contributed by atoms with van der Waals surface area (Å²) in [5.74, 6) is 0.187. The molecule has 0 aromatic carbocycles. The molecule has 0 heterocycles. The van der Waals surface area contributed by atoms with E-state index in [1.54, 1.807) is 19.1 Å². The fraction of sp³-hybridized carbons (Fsp3) is 0.778. The van der Waals surface area contributed by atoms with Gasteiger partial charge in [-0.15, -0.1) is 0 Å². The average Bonchev–Trinajstić information content (AvgIpc) is 2.03. The molecule has 3 heteroatoms. The minimum atomic E-state index is -0.772. The standard InChI is InChI=1S/C9H18O3/c1-7(8(2)11)4-3-5-9(12)6-10/h3,5,7-12H,4,6H2,1-2H3/b5-3-/t7?,8-,9-/m0/s1. The smallest absolute Gasteiger partial charge is 0.0951 e. The highest BCUT2D eigenvalue weighted by Gasteiger charge is 2.05. The summed E-state index contributed by atoms with van der Waals surface area (Å²) < 4.78 is 0. The van der Waals surface area contributed by atoms with E-state index in [1.807, 2.05) is 6.92 Å². The Balaban J connectivity index is 3.59. The normalized spacial score (nSPS) is 19.4. The van der Waals surface area contributed by atoms with E-state index >= 15 is 0 Å². The van der Waals surface area contributed by atoms with Gasteiger partial charge in [0.1, 0.15) is 0 Å². The molecule has 0 aliphatic carbocycles. The van der Waals surface area contributed by atoms with Gasteiger partial charge in [-0.05, 0) is 19.3 Å². The molecule has 0 aliphatic rings. The average molecular weight is 174 g/mol. The number of rotatable bonds is 5. The predicted octanol–water partition coefficient (Wildman–Crippen LogP) is 0.303. The fourth-order valence-corrected chi connectivity index (χ4v) is 0.708. The van der Waals surface area contributed by atoms with Gasteiger partial charge in [0, 0.05) is 0 Å². The summed E-state index contributed by atoms with van der Waals surface area (Å²) in [7, 11) is 0. The van der Waals surface area contributed by atoms with Crippen molar-refractivity contribution in [2.45, 2.75) is 32.5 Å². The van der Waals surface area contributed by atoms with Crippen LogP contribution >= 0.6 is 0 Å². The summed E-state index contributed by atoms with van der Waals surface area (Å²) in [6, 6.07) is 0. The summed E-state index contributed by atoms with van der Waals surface area (Å²) in [4.78, 5) is 0. The molecule has 0 amide bonds. The molecule has 0 bridgehead atoms. The van der Waals surface area contributed by atoms with Gasteiger partial charge in [-0.25, -0.2) is 0 Å². The molecule has 3 N–H and O–H groups in total. The van der Waals surface area contributed by atoms with Crippen LogP contribution in [0, 0.1) is 5.92 Å². The Morgan fingerprint density at radius 3 is 2.25 bits per heavy atom. The third-order valence-corrected chi connectivity index (χ3v) is 1.88. The molecule has 0 rings (SSSR count). The lowest BCUT2D eigenvalue weighted by molar-refractivity contribution is 0.128. The van der Waals surface area contributed by atoms with Crippen molar-refractivity contribution < 1.29 is 15.3 Å². The summed E-state index contributed by atoms with van der Waals surface area (Å²) >= 11 is 0. The van der Waals surface area contributed by atoms with Gasteiger partial charge < -0.3 is 15.3 Å². The SMILES string of the molecule is CC(C/C=C\[C@H](O)CO)[C@H](C)O. The maximum Gasteiger partial charge on any atom is 0.0951 e. The molecule has 0 saturated heterocycles. The first-order chi connectivity index (χ1) is 5.57. The van der Waals surface area contributed by atoms with E-state index in [4.69, 9.17) is 15.3 Å². The lowest BCUT2D eigenvalue weighted by atomic mass is 10.0. The molecule has 0 aromatic rings. The largest absolute Gasteiger partial charge is 0.393 e. The van der Waals surface area contributed by atoms with Gasteiger partial charge in [0.25, 0.3) is 0 Å². The van der Waals surface area contributed by atoms with E-state index in [0.717, 1.165) is 0 Å². The highest BCUT2D eigenvalue weighted by atomic mass is 16.3. The Morgan fingerprint density at radius 2 is 1.83 bits per heavy atom. The van der Waals surface area contributed by atoms with Crippen LogP contribution in [0.15, 0.2) is 12.2 Å². The molecule has 0 saturated carbocycles. The highest BCUT2D eigenvalue weighted by Crippen LogP contribution is 2.08. The second-order valence-electron chi connectivity index (χ2n) is 3.13. The molecule has 0 aromatic heterocycles. The van der Waals surface area contributed by atoms with Crippen molar-refractivity contribution in [3.63, 3.8) is 0 Å². The van der Waals surface area contributed by atoms with Crippen molar-refractivity contribution in [1.82, 2.24) is 0 Å². The zero-order valence-electron chi connectivity index (χ0n) is 7.64. The number of hydrogen-bond acceptors (Lipinski definition) is 3. The fourth-order valence-electron chi connectivity index (χ4n) is 0.708. The third kappa shape index (κ3) is 5.29. The minimum Gasteiger partial charge on any atom is -0.393 e. The maximum atomic E-state index is 9.10. The zero-order valence-corrected chi connectivity index (χ0v) is 7.64. The van der Waals surface area contributed by atoms with Crippen LogP contribution in [-0.4, -0.2) is 34.1 Å². The molecule has 12 heavy (non-hydrogen) atoms. The van der Waals surface area contributed by atoms with E-state index in [0.29, 0.717) is 6.42 Å². The molecular formula is C9H18O3. The van der Waals surface area contributed by atoms with E-state index < -0.39 is 6.10 Å². The van der Waals surface area contributed by atoms with Crippen LogP contribution in [0.4, 0.5) is 0 Å². The Hall–Kier alpha value is -0.380. The summed E-state index contributed by atoms with van der Waals surface area (Å²) in [6.07, 6.45) is 2.93. The molecule has 3 atom stereocenters. The van der Waals surface area contributed by atoms with Crippen molar-refractivity contribution in [3.05, 3.63) is 12.2 Å².